The summed E-state index contributed by atoms with van der Waals surface area (Å²) in [6, 6.07) is 17.8. The van der Waals surface area contributed by atoms with Crippen molar-refractivity contribution in [3.8, 4) is 0 Å². The Morgan fingerprint density at radius 2 is 1.78 bits per heavy atom. The topological polar surface area (TPSA) is 70.6 Å². The first-order valence-corrected chi connectivity index (χ1v) is 13.5. The quantitative estimate of drug-likeness (QED) is 0.234. The van der Waals surface area contributed by atoms with Crippen molar-refractivity contribution in [2.75, 3.05) is 56.2 Å². The van der Waals surface area contributed by atoms with Crippen LogP contribution in [0.5, 0.6) is 0 Å². The molecule has 1 N–H and O–H groups in total. The minimum absolute atomic E-state index is 0.0930. The molecule has 1 aromatic heterocycles. The standard InChI is InChI=1S/C27H32ClN5O2S/c1-3-22-18-25(33-15-13-32(14-16-33)24-7-5-4-6-23(24)28)31-27(30-22)36-19-20-8-10-21(11-9-20)26(34)29-12-17-35-2/h4-11,18H,3,12-17,19H2,1-2H3,(H,29,34). The molecule has 0 atom stereocenters. The van der Waals surface area contributed by atoms with Gasteiger partial charge in [0.15, 0.2) is 5.16 Å². The number of ether oxygens (including phenoxy) is 1. The van der Waals surface area contributed by atoms with Crippen molar-refractivity contribution in [1.29, 1.82) is 0 Å². The summed E-state index contributed by atoms with van der Waals surface area (Å²) in [6.07, 6.45) is 0.857. The van der Waals surface area contributed by atoms with Gasteiger partial charge < -0.3 is 19.9 Å². The molecule has 7 nitrogen and oxygen atoms in total. The lowest BCUT2D eigenvalue weighted by molar-refractivity contribution is 0.0937. The van der Waals surface area contributed by atoms with Gasteiger partial charge >= 0.3 is 0 Å². The number of aromatic nitrogens is 2. The summed E-state index contributed by atoms with van der Waals surface area (Å²) in [6.45, 7) is 6.65. The number of hydrogen-bond acceptors (Lipinski definition) is 7. The lowest BCUT2D eigenvalue weighted by atomic mass is 10.1. The van der Waals surface area contributed by atoms with Crippen molar-refractivity contribution < 1.29 is 9.53 Å². The molecule has 1 amide bonds. The van der Waals surface area contributed by atoms with Crippen LogP contribution in [0.4, 0.5) is 11.5 Å². The monoisotopic (exact) mass is 525 g/mol. The molecule has 9 heteroatoms. The second-order valence-corrected chi connectivity index (χ2v) is 9.86. The molecule has 2 aromatic carbocycles. The van der Waals surface area contributed by atoms with Crippen molar-refractivity contribution in [2.45, 2.75) is 24.3 Å². The highest BCUT2D eigenvalue weighted by atomic mass is 35.5. The number of anilines is 2. The molecule has 4 rings (SSSR count). The first kappa shape index (κ1) is 26.3. The van der Waals surface area contributed by atoms with Crippen LogP contribution in [0, 0.1) is 0 Å². The predicted octanol–water partition coefficient (Wildman–Crippen LogP) is 4.69. The number of methoxy groups -OCH3 is 1. The Morgan fingerprint density at radius 1 is 1.06 bits per heavy atom. The average molecular weight is 526 g/mol. The Balaban J connectivity index is 1.36. The number of halogens is 1. The number of piperazine rings is 1. The zero-order valence-corrected chi connectivity index (χ0v) is 22.3. The van der Waals surface area contributed by atoms with E-state index in [2.05, 4.69) is 34.2 Å². The highest BCUT2D eigenvalue weighted by Crippen LogP contribution is 2.28. The van der Waals surface area contributed by atoms with Gasteiger partial charge in [-0.25, -0.2) is 9.97 Å². The van der Waals surface area contributed by atoms with E-state index in [0.717, 1.165) is 71.3 Å². The Hall–Kier alpha value is -2.81. The normalized spacial score (nSPS) is 13.6. The van der Waals surface area contributed by atoms with Crippen LogP contribution in [0.3, 0.4) is 0 Å². The lowest BCUT2D eigenvalue weighted by Gasteiger charge is -2.37. The van der Waals surface area contributed by atoms with Crippen LogP contribution in [0.1, 0.15) is 28.5 Å². The van der Waals surface area contributed by atoms with Crippen LogP contribution in [0.2, 0.25) is 5.02 Å². The molecule has 0 radical (unpaired) electrons. The van der Waals surface area contributed by atoms with E-state index in [0.29, 0.717) is 18.7 Å². The van der Waals surface area contributed by atoms with Crippen LogP contribution in [0.25, 0.3) is 0 Å². The molecule has 36 heavy (non-hydrogen) atoms. The number of carbonyl (C=O) groups is 1. The fourth-order valence-corrected chi connectivity index (χ4v) is 5.10. The van der Waals surface area contributed by atoms with E-state index >= 15 is 0 Å². The fourth-order valence-electron chi connectivity index (χ4n) is 4.02. The first-order valence-electron chi connectivity index (χ1n) is 12.2. The average Bonchev–Trinajstić information content (AvgIpc) is 2.92. The van der Waals surface area contributed by atoms with Gasteiger partial charge in [0.2, 0.25) is 0 Å². The van der Waals surface area contributed by atoms with Crippen molar-refractivity contribution in [2.24, 2.45) is 0 Å². The molecule has 1 saturated heterocycles. The Bertz CT molecular complexity index is 1150. The number of nitrogens with zero attached hydrogens (tertiary/aromatic N) is 4. The summed E-state index contributed by atoms with van der Waals surface area (Å²) in [5.41, 5.74) is 3.89. The summed E-state index contributed by atoms with van der Waals surface area (Å²) in [5.74, 6) is 1.62. The third-order valence-corrected chi connectivity index (χ3v) is 7.32. The van der Waals surface area contributed by atoms with Crippen molar-refractivity contribution >= 4 is 40.8 Å². The largest absolute Gasteiger partial charge is 0.383 e. The van der Waals surface area contributed by atoms with E-state index in [1.807, 2.05) is 42.5 Å². The maximum absolute atomic E-state index is 12.2. The molecule has 0 bridgehead atoms. The van der Waals surface area contributed by atoms with Crippen LogP contribution >= 0.6 is 23.4 Å². The van der Waals surface area contributed by atoms with Gasteiger partial charge in [0.1, 0.15) is 5.82 Å². The number of thioether (sulfide) groups is 1. The molecule has 0 spiro atoms. The summed E-state index contributed by atoms with van der Waals surface area (Å²) >= 11 is 8.02. The van der Waals surface area contributed by atoms with E-state index in [1.165, 1.54) is 0 Å². The van der Waals surface area contributed by atoms with Gasteiger partial charge in [-0.15, -0.1) is 0 Å². The molecule has 1 aliphatic rings. The number of amides is 1. The molecule has 0 aliphatic carbocycles. The third-order valence-electron chi connectivity index (χ3n) is 6.08. The van der Waals surface area contributed by atoms with Gasteiger partial charge in [0.25, 0.3) is 5.91 Å². The molecule has 1 fully saturated rings. The number of carbonyl (C=O) groups excluding carboxylic acids is 1. The van der Waals surface area contributed by atoms with Crippen LogP contribution in [-0.2, 0) is 16.9 Å². The van der Waals surface area contributed by atoms with Gasteiger partial charge in [-0.1, -0.05) is 54.6 Å². The number of rotatable bonds is 10. The zero-order chi connectivity index (χ0) is 25.3. The predicted molar refractivity (Wildman–Crippen MR) is 148 cm³/mol. The molecule has 3 aromatic rings. The Morgan fingerprint density at radius 3 is 2.47 bits per heavy atom. The summed E-state index contributed by atoms with van der Waals surface area (Å²) in [5, 5.41) is 4.41. The molecule has 0 saturated carbocycles. The molecule has 0 unspecified atom stereocenters. The summed E-state index contributed by atoms with van der Waals surface area (Å²) in [4.78, 5) is 26.5. The maximum Gasteiger partial charge on any atom is 0.251 e. The lowest BCUT2D eigenvalue weighted by Crippen LogP contribution is -2.47. The first-order chi connectivity index (χ1) is 17.6. The highest BCUT2D eigenvalue weighted by Gasteiger charge is 2.21. The van der Waals surface area contributed by atoms with Crippen molar-refractivity contribution in [3.05, 3.63) is 76.4 Å². The van der Waals surface area contributed by atoms with Crippen LogP contribution < -0.4 is 15.1 Å². The molecule has 2 heterocycles. The highest BCUT2D eigenvalue weighted by molar-refractivity contribution is 7.98. The number of nitrogens with one attached hydrogen (secondary N) is 1. The second-order valence-electron chi connectivity index (χ2n) is 8.51. The summed E-state index contributed by atoms with van der Waals surface area (Å²) < 4.78 is 4.97. The number of benzene rings is 2. The van der Waals surface area contributed by atoms with Gasteiger partial charge in [-0.3, -0.25) is 4.79 Å². The van der Waals surface area contributed by atoms with Crippen LogP contribution in [0.15, 0.2) is 59.8 Å². The van der Waals surface area contributed by atoms with Gasteiger partial charge in [0, 0.05) is 62.9 Å². The SMILES string of the molecule is CCc1cc(N2CCN(c3ccccc3Cl)CC2)nc(SCc2ccc(C(=O)NCCOC)cc2)n1. The van der Waals surface area contributed by atoms with Crippen molar-refractivity contribution in [1.82, 2.24) is 15.3 Å². The van der Waals surface area contributed by atoms with Crippen molar-refractivity contribution in [3.63, 3.8) is 0 Å². The van der Waals surface area contributed by atoms with Gasteiger partial charge in [-0.05, 0) is 36.2 Å². The number of para-hydroxylation sites is 1. The third kappa shape index (κ3) is 6.90. The minimum Gasteiger partial charge on any atom is -0.383 e. The van der Waals surface area contributed by atoms with Gasteiger partial charge in [-0.2, -0.15) is 0 Å². The van der Waals surface area contributed by atoms with E-state index in [4.69, 9.17) is 26.3 Å². The Kier molecular flexibility index (Phi) is 9.44. The van der Waals surface area contributed by atoms with E-state index < -0.39 is 0 Å². The maximum atomic E-state index is 12.2. The zero-order valence-electron chi connectivity index (χ0n) is 20.7. The molecule has 1 aliphatic heterocycles. The Labute approximate surface area is 222 Å². The summed E-state index contributed by atoms with van der Waals surface area (Å²) in [7, 11) is 1.61. The smallest absolute Gasteiger partial charge is 0.251 e. The number of hydrogen-bond donors (Lipinski definition) is 1. The molecular formula is C27H32ClN5O2S. The number of aryl methyl sites for hydroxylation is 1. The van der Waals surface area contributed by atoms with Gasteiger partial charge in [0.05, 0.1) is 17.3 Å². The van der Waals surface area contributed by atoms with E-state index in [9.17, 15) is 4.79 Å². The minimum atomic E-state index is -0.0930. The van der Waals surface area contributed by atoms with E-state index in [-0.39, 0.29) is 5.91 Å². The fraction of sp³-hybridized carbons (Fsp3) is 0.370. The molecule has 190 valence electrons. The second kappa shape index (κ2) is 12.9. The van der Waals surface area contributed by atoms with E-state index in [1.54, 1.807) is 18.9 Å². The van der Waals surface area contributed by atoms with Crippen LogP contribution in [-0.4, -0.2) is 62.3 Å². The molecular weight excluding hydrogens is 494 g/mol.